The first-order valence-corrected chi connectivity index (χ1v) is 7.63. The van der Waals surface area contributed by atoms with E-state index in [4.69, 9.17) is 11.6 Å². The van der Waals surface area contributed by atoms with E-state index in [1.807, 2.05) is 18.2 Å². The number of thiophene rings is 1. The molecule has 0 aliphatic heterocycles. The van der Waals surface area contributed by atoms with Crippen LogP contribution in [-0.2, 0) is 6.54 Å². The average molecular weight is 296 g/mol. The maximum atomic E-state index is 12.8. The minimum Gasteiger partial charge on any atom is -0.309 e. The van der Waals surface area contributed by atoms with E-state index in [9.17, 15) is 4.39 Å². The number of halogens is 2. The van der Waals surface area contributed by atoms with E-state index in [-0.39, 0.29) is 5.82 Å². The predicted octanol–water partition coefficient (Wildman–Crippen LogP) is 4.58. The molecule has 0 atom stereocenters. The molecule has 1 aliphatic carbocycles. The molecule has 0 unspecified atom stereocenters. The van der Waals surface area contributed by atoms with Gasteiger partial charge in [0.2, 0.25) is 0 Å². The summed E-state index contributed by atoms with van der Waals surface area (Å²) in [5.74, 6) is 0.414. The van der Waals surface area contributed by atoms with Crippen molar-refractivity contribution < 1.29 is 4.39 Å². The summed E-state index contributed by atoms with van der Waals surface area (Å²) in [5, 5.41) is 3.54. The molecule has 0 radical (unpaired) electrons. The van der Waals surface area contributed by atoms with Crippen molar-refractivity contribution in [2.45, 2.75) is 31.3 Å². The molecule has 1 aromatic carbocycles. The topological polar surface area (TPSA) is 12.0 Å². The van der Waals surface area contributed by atoms with Crippen LogP contribution in [0, 0.1) is 5.82 Å². The Morgan fingerprint density at radius 2 is 1.89 bits per heavy atom. The van der Waals surface area contributed by atoms with Crippen molar-refractivity contribution >= 4 is 22.9 Å². The molecule has 1 fully saturated rings. The number of hydrogen-bond acceptors (Lipinski definition) is 2. The highest BCUT2D eigenvalue weighted by Gasteiger charge is 2.29. The van der Waals surface area contributed by atoms with Crippen LogP contribution < -0.4 is 5.32 Å². The molecule has 0 spiro atoms. The lowest BCUT2D eigenvalue weighted by Crippen LogP contribution is -2.39. The molecule has 1 saturated carbocycles. The van der Waals surface area contributed by atoms with E-state index in [2.05, 4.69) is 11.4 Å². The van der Waals surface area contributed by atoms with Crippen molar-refractivity contribution in [2.24, 2.45) is 0 Å². The van der Waals surface area contributed by atoms with Crippen molar-refractivity contribution in [3.05, 3.63) is 57.0 Å². The minimum atomic E-state index is -0.160. The third kappa shape index (κ3) is 3.16. The second-order valence-corrected chi connectivity index (χ2v) is 6.80. The second kappa shape index (κ2) is 5.61. The number of nitrogens with one attached hydrogen (secondary N) is 1. The van der Waals surface area contributed by atoms with Crippen LogP contribution >= 0.6 is 22.9 Å². The summed E-state index contributed by atoms with van der Waals surface area (Å²) >= 11 is 7.52. The van der Waals surface area contributed by atoms with Gasteiger partial charge in [-0.1, -0.05) is 23.7 Å². The van der Waals surface area contributed by atoms with Crippen LogP contribution in [-0.4, -0.2) is 6.04 Å². The highest BCUT2D eigenvalue weighted by molar-refractivity contribution is 7.16. The van der Waals surface area contributed by atoms with Gasteiger partial charge in [-0.25, -0.2) is 4.39 Å². The molecule has 1 aliphatic rings. The van der Waals surface area contributed by atoms with Crippen LogP contribution in [0.4, 0.5) is 4.39 Å². The third-order valence-corrected chi connectivity index (χ3v) is 4.90. The molecule has 0 amide bonds. The van der Waals surface area contributed by atoms with Crippen LogP contribution in [0.15, 0.2) is 36.4 Å². The summed E-state index contributed by atoms with van der Waals surface area (Å²) in [4.78, 5) is 1.27. The molecule has 100 valence electrons. The molecular formula is C15H15ClFNS. The van der Waals surface area contributed by atoms with Crippen molar-refractivity contribution in [2.75, 3.05) is 0 Å². The maximum absolute atomic E-state index is 12.8. The van der Waals surface area contributed by atoms with Gasteiger partial charge < -0.3 is 5.32 Å². The molecule has 0 bridgehead atoms. The highest BCUT2D eigenvalue weighted by Crippen LogP contribution is 2.37. The number of benzene rings is 1. The van der Waals surface area contributed by atoms with Gasteiger partial charge in [-0.2, -0.15) is 0 Å². The van der Waals surface area contributed by atoms with Gasteiger partial charge in [0.1, 0.15) is 5.82 Å². The highest BCUT2D eigenvalue weighted by atomic mass is 35.5. The van der Waals surface area contributed by atoms with Crippen LogP contribution in [0.25, 0.3) is 0 Å². The van der Waals surface area contributed by atoms with Crippen LogP contribution in [0.5, 0.6) is 0 Å². The molecule has 4 heteroatoms. The van der Waals surface area contributed by atoms with Crippen LogP contribution in [0.2, 0.25) is 4.34 Å². The second-order valence-electron chi connectivity index (χ2n) is 5.00. The molecule has 1 aromatic heterocycles. The molecule has 2 aromatic rings. The summed E-state index contributed by atoms with van der Waals surface area (Å²) in [6.45, 7) is 0.887. The molecule has 1 N–H and O–H groups in total. The SMILES string of the molecule is Fc1ccc(C2CC(NCc3ccc(Cl)s3)C2)cc1. The zero-order valence-corrected chi connectivity index (χ0v) is 12.0. The lowest BCUT2D eigenvalue weighted by molar-refractivity contribution is 0.290. The van der Waals surface area contributed by atoms with Gasteiger partial charge >= 0.3 is 0 Å². The number of hydrogen-bond donors (Lipinski definition) is 1. The zero-order chi connectivity index (χ0) is 13.2. The lowest BCUT2D eigenvalue weighted by Gasteiger charge is -2.36. The summed E-state index contributed by atoms with van der Waals surface area (Å²) in [5.41, 5.74) is 1.25. The summed E-state index contributed by atoms with van der Waals surface area (Å²) in [7, 11) is 0. The van der Waals surface area contributed by atoms with Gasteiger partial charge in [0, 0.05) is 17.5 Å². The monoisotopic (exact) mass is 295 g/mol. The quantitative estimate of drug-likeness (QED) is 0.871. The molecular weight excluding hydrogens is 281 g/mol. The van der Waals surface area contributed by atoms with Crippen molar-refractivity contribution in [3.63, 3.8) is 0 Å². The number of rotatable bonds is 4. The Morgan fingerprint density at radius 1 is 1.16 bits per heavy atom. The Balaban J connectivity index is 1.46. The Morgan fingerprint density at radius 3 is 2.53 bits per heavy atom. The largest absolute Gasteiger partial charge is 0.309 e. The van der Waals surface area contributed by atoms with Gasteiger partial charge in [-0.15, -0.1) is 11.3 Å². The van der Waals surface area contributed by atoms with Crippen LogP contribution in [0.1, 0.15) is 29.2 Å². The van der Waals surface area contributed by atoms with Gasteiger partial charge in [0.05, 0.1) is 4.34 Å². The van der Waals surface area contributed by atoms with E-state index >= 15 is 0 Å². The Labute approximate surface area is 121 Å². The molecule has 1 nitrogen and oxygen atoms in total. The first kappa shape index (κ1) is 13.1. The minimum absolute atomic E-state index is 0.160. The normalized spacial score (nSPS) is 22.2. The molecule has 19 heavy (non-hydrogen) atoms. The van der Waals surface area contributed by atoms with Gasteiger partial charge in [0.15, 0.2) is 0 Å². The Hall–Kier alpha value is -0.900. The van der Waals surface area contributed by atoms with Crippen molar-refractivity contribution in [3.8, 4) is 0 Å². The smallest absolute Gasteiger partial charge is 0.123 e. The van der Waals surface area contributed by atoms with Crippen molar-refractivity contribution in [1.82, 2.24) is 5.32 Å². The summed E-state index contributed by atoms with van der Waals surface area (Å²) < 4.78 is 13.7. The fourth-order valence-corrected chi connectivity index (χ4v) is 3.52. The van der Waals surface area contributed by atoms with Crippen molar-refractivity contribution in [1.29, 1.82) is 0 Å². The van der Waals surface area contributed by atoms with Crippen LogP contribution in [0.3, 0.4) is 0 Å². The average Bonchev–Trinajstić information content (AvgIpc) is 2.75. The Bertz CT molecular complexity index is 546. The third-order valence-electron chi connectivity index (χ3n) is 3.67. The zero-order valence-electron chi connectivity index (χ0n) is 10.4. The van der Waals surface area contributed by atoms with Gasteiger partial charge in [-0.3, -0.25) is 0 Å². The maximum Gasteiger partial charge on any atom is 0.123 e. The fourth-order valence-electron chi connectivity index (χ4n) is 2.48. The molecule has 3 rings (SSSR count). The Kier molecular flexibility index (Phi) is 3.87. The molecule has 1 heterocycles. The van der Waals surface area contributed by atoms with E-state index in [1.54, 1.807) is 23.5 Å². The fraction of sp³-hybridized carbons (Fsp3) is 0.333. The standard InChI is InChI=1S/C15H15ClFNS/c16-15-6-5-14(19-15)9-18-13-7-11(8-13)10-1-3-12(17)4-2-10/h1-6,11,13,18H,7-9H2. The van der Waals surface area contributed by atoms with Gasteiger partial charge in [0.25, 0.3) is 0 Å². The van der Waals surface area contributed by atoms with E-state index in [0.717, 1.165) is 23.7 Å². The van der Waals surface area contributed by atoms with Gasteiger partial charge in [-0.05, 0) is 48.6 Å². The lowest BCUT2D eigenvalue weighted by atomic mass is 9.76. The molecule has 0 saturated heterocycles. The predicted molar refractivity (Wildman–Crippen MR) is 78.3 cm³/mol. The van der Waals surface area contributed by atoms with E-state index in [0.29, 0.717) is 12.0 Å². The van der Waals surface area contributed by atoms with E-state index in [1.165, 1.54) is 10.4 Å². The first-order chi connectivity index (χ1) is 9.20. The van der Waals surface area contributed by atoms with E-state index < -0.39 is 0 Å². The summed E-state index contributed by atoms with van der Waals surface area (Å²) in [6.07, 6.45) is 2.26. The summed E-state index contributed by atoms with van der Waals surface area (Å²) in [6, 6.07) is 11.5. The first-order valence-electron chi connectivity index (χ1n) is 6.44.